The Morgan fingerprint density at radius 3 is 2.09 bits per heavy atom. The van der Waals surface area contributed by atoms with Gasteiger partial charge in [0, 0.05) is 6.42 Å². The van der Waals surface area contributed by atoms with Gasteiger partial charge < -0.3 is 14.5 Å². The summed E-state index contributed by atoms with van der Waals surface area (Å²) in [5, 5.41) is 2.77. The van der Waals surface area contributed by atoms with Crippen molar-refractivity contribution in [1.29, 1.82) is 0 Å². The van der Waals surface area contributed by atoms with Crippen molar-refractivity contribution in [3.63, 3.8) is 0 Å². The van der Waals surface area contributed by atoms with E-state index in [4.69, 9.17) is 9.16 Å². The molecule has 0 aliphatic rings. The Kier molecular flexibility index (Phi) is 9.68. The fourth-order valence-corrected chi connectivity index (χ4v) is 4.88. The molecule has 9 heteroatoms. The van der Waals surface area contributed by atoms with Crippen molar-refractivity contribution < 1.29 is 27.2 Å². The van der Waals surface area contributed by atoms with E-state index in [0.29, 0.717) is 0 Å². The normalized spacial score (nSPS) is 14.0. The lowest BCUT2D eigenvalue weighted by molar-refractivity contribution is -0.116. The largest absolute Gasteiger partial charge is 0.444 e. The monoisotopic (exact) mass is 485 g/mol. The highest BCUT2D eigenvalue weighted by Gasteiger charge is 2.38. The maximum atomic E-state index is 12.5. The Morgan fingerprint density at radius 1 is 1.03 bits per heavy atom. The third kappa shape index (κ3) is 9.83. The summed E-state index contributed by atoms with van der Waals surface area (Å²) in [6.45, 7) is 16.1. The molecule has 1 rings (SSSR count). The van der Waals surface area contributed by atoms with Crippen molar-refractivity contribution in [3.8, 4) is 0 Å². The predicted octanol–water partition coefficient (Wildman–Crippen LogP) is 4.72. The van der Waals surface area contributed by atoms with Gasteiger partial charge >= 0.3 is 6.09 Å². The van der Waals surface area contributed by atoms with Crippen molar-refractivity contribution in [1.82, 2.24) is 5.32 Å². The number of rotatable bonds is 10. The van der Waals surface area contributed by atoms with Gasteiger partial charge in [0.25, 0.3) is 0 Å². The molecular formula is C23H39NO6SSi. The number of alkyl carbamates (subject to hydrolysis) is 1. The minimum Gasteiger partial charge on any atom is -0.444 e. The first-order valence-electron chi connectivity index (χ1n) is 10.9. The van der Waals surface area contributed by atoms with Gasteiger partial charge in [0.2, 0.25) is 0 Å². The second-order valence-electron chi connectivity index (χ2n) is 10.6. The Bertz CT molecular complexity index is 870. The minimum atomic E-state index is -3.70. The van der Waals surface area contributed by atoms with Crippen LogP contribution in [0.25, 0.3) is 0 Å². The number of Topliss-reactive ketones (excluding diaryl/α,β-unsaturated/α-hetero) is 1. The molecule has 0 bridgehead atoms. The smallest absolute Gasteiger partial charge is 0.407 e. The molecule has 1 amide bonds. The number of amides is 1. The number of hydrogen-bond acceptors (Lipinski definition) is 6. The Hall–Kier alpha value is -1.71. The zero-order valence-corrected chi connectivity index (χ0v) is 22.5. The van der Waals surface area contributed by atoms with Crippen LogP contribution in [0.3, 0.4) is 0 Å². The summed E-state index contributed by atoms with van der Waals surface area (Å²) < 4.78 is 36.5. The Morgan fingerprint density at radius 2 is 1.59 bits per heavy atom. The molecule has 0 saturated heterocycles. The number of benzene rings is 1. The van der Waals surface area contributed by atoms with E-state index in [9.17, 15) is 18.0 Å². The minimum absolute atomic E-state index is 0.00733. The number of ketones is 1. The van der Waals surface area contributed by atoms with Gasteiger partial charge in [-0.1, -0.05) is 39.0 Å². The second kappa shape index (κ2) is 10.9. The quantitative estimate of drug-likeness (QED) is 0.481. The van der Waals surface area contributed by atoms with Crippen LogP contribution >= 0.6 is 0 Å². The third-order valence-electron chi connectivity index (χ3n) is 5.40. The summed E-state index contributed by atoms with van der Waals surface area (Å²) in [7, 11) is -5.77. The van der Waals surface area contributed by atoms with Crippen molar-refractivity contribution in [2.45, 2.75) is 89.1 Å². The fraction of sp³-hybridized carbons (Fsp3) is 0.652. The number of hydrogen-bond donors (Lipinski definition) is 1. The van der Waals surface area contributed by atoms with Gasteiger partial charge in [-0.05, 0) is 57.5 Å². The summed E-state index contributed by atoms with van der Waals surface area (Å²) in [4.78, 5) is 24.9. The lowest BCUT2D eigenvalue weighted by atomic mass is 10.1. The average Bonchev–Trinajstić information content (AvgIpc) is 2.62. The molecule has 32 heavy (non-hydrogen) atoms. The van der Waals surface area contributed by atoms with E-state index in [2.05, 4.69) is 39.2 Å². The maximum Gasteiger partial charge on any atom is 0.407 e. The molecule has 0 spiro atoms. The molecule has 1 aromatic rings. The summed E-state index contributed by atoms with van der Waals surface area (Å²) in [6, 6.07) is 7.44. The molecular weight excluding hydrogens is 446 g/mol. The number of ether oxygens (including phenoxy) is 1. The molecule has 0 aromatic heterocycles. The lowest BCUT2D eigenvalue weighted by Gasteiger charge is -2.37. The van der Waals surface area contributed by atoms with Crippen LogP contribution in [0, 0.1) is 0 Å². The molecule has 0 unspecified atom stereocenters. The first-order valence-corrected chi connectivity index (χ1v) is 15.4. The maximum absolute atomic E-state index is 12.5. The molecule has 0 aliphatic heterocycles. The molecule has 1 aromatic carbocycles. The van der Waals surface area contributed by atoms with Gasteiger partial charge in [-0.15, -0.1) is 0 Å². The molecule has 182 valence electrons. The summed E-state index contributed by atoms with van der Waals surface area (Å²) in [5.41, 5.74) is -0.658. The van der Waals surface area contributed by atoms with Crippen molar-refractivity contribution in [2.75, 3.05) is 12.4 Å². The van der Waals surface area contributed by atoms with E-state index in [1.165, 1.54) is 12.1 Å². The third-order valence-corrected chi connectivity index (χ3v) is 11.6. The standard InChI is InChI=1S/C23H39NO6SSi/c1-22(2,3)30-21(26)24-18(16-29-32(7,8)23(4,5)6)14-15-19(25)17-31(27,28)20-12-10-9-11-13-20/h9-13,18H,14-17H2,1-8H3,(H,24,26)/t18-/m0/s1. The molecule has 7 nitrogen and oxygen atoms in total. The molecule has 0 radical (unpaired) electrons. The van der Waals surface area contributed by atoms with Crippen molar-refractivity contribution >= 4 is 30.0 Å². The highest BCUT2D eigenvalue weighted by atomic mass is 32.2. The average molecular weight is 486 g/mol. The zero-order chi connectivity index (χ0) is 24.8. The van der Waals surface area contributed by atoms with Gasteiger partial charge in [-0.3, -0.25) is 4.79 Å². The fourth-order valence-electron chi connectivity index (χ4n) is 2.53. The van der Waals surface area contributed by atoms with Gasteiger partial charge in [0.1, 0.15) is 17.1 Å². The number of nitrogens with one attached hydrogen (secondary N) is 1. The Balaban J connectivity index is 2.81. The summed E-state index contributed by atoms with van der Waals surface area (Å²) in [6.07, 6.45) is -0.324. The second-order valence-corrected chi connectivity index (χ2v) is 17.4. The van der Waals surface area contributed by atoms with Gasteiger partial charge in [0.05, 0.1) is 17.5 Å². The summed E-state index contributed by atoms with van der Waals surface area (Å²) >= 11 is 0. The van der Waals surface area contributed by atoms with Crippen LogP contribution in [-0.2, 0) is 23.8 Å². The van der Waals surface area contributed by atoms with Gasteiger partial charge in [0.15, 0.2) is 18.2 Å². The topological polar surface area (TPSA) is 98.8 Å². The van der Waals surface area contributed by atoms with Gasteiger partial charge in [-0.25, -0.2) is 13.2 Å². The number of carbonyl (C=O) groups is 2. The van der Waals surface area contributed by atoms with E-state index in [1.807, 2.05) is 0 Å². The van der Waals surface area contributed by atoms with Crippen LogP contribution in [0.2, 0.25) is 18.1 Å². The van der Waals surface area contributed by atoms with Crippen molar-refractivity contribution in [3.05, 3.63) is 30.3 Å². The van der Waals surface area contributed by atoms with Gasteiger partial charge in [-0.2, -0.15) is 0 Å². The summed E-state index contributed by atoms with van der Waals surface area (Å²) in [5.74, 6) is -0.976. The van der Waals surface area contributed by atoms with Crippen LogP contribution in [0.15, 0.2) is 35.2 Å². The molecule has 0 fully saturated rings. The lowest BCUT2D eigenvalue weighted by Crippen LogP contribution is -2.47. The van der Waals surface area contributed by atoms with E-state index >= 15 is 0 Å². The molecule has 1 atom stereocenters. The molecule has 1 N–H and O–H groups in total. The van der Waals surface area contributed by atoms with Crippen LogP contribution in [0.4, 0.5) is 4.79 Å². The number of sulfone groups is 1. The first-order chi connectivity index (χ1) is 14.4. The molecule has 0 aliphatic carbocycles. The predicted molar refractivity (Wildman–Crippen MR) is 129 cm³/mol. The SMILES string of the molecule is CC(C)(C)OC(=O)N[C@@H](CCC(=O)CS(=O)(=O)c1ccccc1)CO[Si](C)(C)C(C)(C)C. The molecule has 0 heterocycles. The van der Waals surface area contributed by atoms with E-state index < -0.39 is 47.4 Å². The first kappa shape index (κ1) is 28.3. The van der Waals surface area contributed by atoms with E-state index in [1.54, 1.807) is 39.0 Å². The van der Waals surface area contributed by atoms with Crippen LogP contribution in [-0.4, -0.2) is 52.6 Å². The number of carbonyl (C=O) groups excluding carboxylic acids is 2. The molecule has 0 saturated carbocycles. The van der Waals surface area contributed by atoms with Crippen LogP contribution < -0.4 is 5.32 Å². The highest BCUT2D eigenvalue weighted by molar-refractivity contribution is 7.92. The zero-order valence-electron chi connectivity index (χ0n) is 20.7. The van der Waals surface area contributed by atoms with Crippen LogP contribution in [0.5, 0.6) is 0 Å². The Labute approximate surface area is 194 Å². The van der Waals surface area contributed by atoms with Crippen molar-refractivity contribution in [2.24, 2.45) is 0 Å². The highest BCUT2D eigenvalue weighted by Crippen LogP contribution is 2.36. The van der Waals surface area contributed by atoms with Crippen LogP contribution in [0.1, 0.15) is 54.4 Å². The van der Waals surface area contributed by atoms with E-state index in [-0.39, 0.29) is 29.4 Å². The van der Waals surface area contributed by atoms with E-state index in [0.717, 1.165) is 0 Å².